The Hall–Kier alpha value is -2.21. The van der Waals surface area contributed by atoms with Gasteiger partial charge in [0.2, 0.25) is 0 Å². The Labute approximate surface area is 138 Å². The van der Waals surface area contributed by atoms with Gasteiger partial charge in [0.05, 0.1) is 11.0 Å². The maximum Gasteiger partial charge on any atom is 0.268 e. The molecule has 0 atom stereocenters. The number of hydrogen-bond acceptors (Lipinski definition) is 4. The molecule has 1 saturated heterocycles. The monoisotopic (exact) mass is 385 g/mol. The molecule has 5 nitrogen and oxygen atoms in total. The highest BCUT2D eigenvalue weighted by atomic mass is 79.9. The van der Waals surface area contributed by atoms with E-state index in [4.69, 9.17) is 5.73 Å². The van der Waals surface area contributed by atoms with E-state index >= 15 is 0 Å². The average Bonchev–Trinajstić information content (AvgIpc) is 3.01. The van der Waals surface area contributed by atoms with Crippen LogP contribution in [0.4, 0.5) is 19.0 Å². The molecule has 1 aromatic carbocycles. The first kappa shape index (κ1) is 15.7. The van der Waals surface area contributed by atoms with Gasteiger partial charge in [-0.1, -0.05) is 6.07 Å². The van der Waals surface area contributed by atoms with Gasteiger partial charge in [0.15, 0.2) is 5.82 Å². The number of alkyl halides is 2. The number of benzene rings is 1. The van der Waals surface area contributed by atoms with E-state index in [1.165, 1.54) is 17.1 Å². The highest BCUT2D eigenvalue weighted by Gasteiger charge is 2.40. The molecule has 0 bridgehead atoms. The van der Waals surface area contributed by atoms with Crippen molar-refractivity contribution in [1.29, 1.82) is 5.26 Å². The third kappa shape index (κ3) is 2.74. The first-order chi connectivity index (χ1) is 10.8. The molecule has 23 heavy (non-hydrogen) atoms. The predicted octanol–water partition coefficient (Wildman–Crippen LogP) is 2.88. The highest BCUT2D eigenvalue weighted by molar-refractivity contribution is 9.10. The largest absolute Gasteiger partial charge is 0.381 e. The molecule has 3 rings (SSSR count). The summed E-state index contributed by atoms with van der Waals surface area (Å²) in [5.74, 6) is -3.38. The second-order valence-corrected chi connectivity index (χ2v) is 6.09. The van der Waals surface area contributed by atoms with Crippen LogP contribution in [0, 0.1) is 17.1 Å². The van der Waals surface area contributed by atoms with E-state index < -0.39 is 18.3 Å². The molecule has 1 aromatic heterocycles. The fourth-order valence-electron chi connectivity index (χ4n) is 2.47. The molecular weight excluding hydrogens is 375 g/mol. The predicted molar refractivity (Wildman–Crippen MR) is 82.0 cm³/mol. The summed E-state index contributed by atoms with van der Waals surface area (Å²) >= 11 is 3.04. The molecule has 0 spiro atoms. The van der Waals surface area contributed by atoms with Gasteiger partial charge in [0.25, 0.3) is 5.92 Å². The molecule has 2 N–H and O–H groups in total. The van der Waals surface area contributed by atoms with Gasteiger partial charge in [-0.2, -0.15) is 10.1 Å². The second kappa shape index (κ2) is 5.45. The summed E-state index contributed by atoms with van der Waals surface area (Å²) in [7, 11) is 0. The summed E-state index contributed by atoms with van der Waals surface area (Å²) in [6, 6.07) is 6.15. The van der Waals surface area contributed by atoms with E-state index in [2.05, 4.69) is 21.0 Å². The van der Waals surface area contributed by atoms with Crippen LogP contribution in [0.25, 0.3) is 11.3 Å². The van der Waals surface area contributed by atoms with E-state index in [0.29, 0.717) is 5.56 Å². The molecule has 2 heterocycles. The molecule has 9 heteroatoms. The summed E-state index contributed by atoms with van der Waals surface area (Å²) in [5.41, 5.74) is 6.41. The maximum absolute atomic E-state index is 13.7. The maximum atomic E-state index is 13.7. The van der Waals surface area contributed by atoms with Crippen molar-refractivity contribution in [3.8, 4) is 17.3 Å². The number of rotatable bonds is 2. The number of nitriles is 1. The minimum Gasteiger partial charge on any atom is -0.381 e. The number of nitrogens with two attached hydrogens (primary N) is 1. The summed E-state index contributed by atoms with van der Waals surface area (Å²) in [5, 5.41) is 14.7. The van der Waals surface area contributed by atoms with Gasteiger partial charge in [-0.15, -0.1) is 5.10 Å². The van der Waals surface area contributed by atoms with Crippen LogP contribution >= 0.6 is 15.9 Å². The lowest BCUT2D eigenvalue weighted by Crippen LogP contribution is -2.36. The standard InChI is InChI=1S/C14H11BrF3N5/c15-10-2-1-8(5-11(10)16)12-9(6-19)13(20)23(21-12)22-4-3-14(17,18)7-22/h1-2,5H,3-4,7,20H2. The molecule has 1 fully saturated rings. The van der Waals surface area contributed by atoms with Gasteiger partial charge in [-0.25, -0.2) is 13.2 Å². The molecule has 2 aromatic rings. The quantitative estimate of drug-likeness (QED) is 0.862. The Morgan fingerprint density at radius 2 is 2.13 bits per heavy atom. The van der Waals surface area contributed by atoms with Crippen molar-refractivity contribution in [3.05, 3.63) is 34.1 Å². The zero-order valence-electron chi connectivity index (χ0n) is 11.7. The lowest BCUT2D eigenvalue weighted by Gasteiger charge is -2.19. The zero-order chi connectivity index (χ0) is 16.8. The third-order valence-electron chi connectivity index (χ3n) is 3.63. The van der Waals surface area contributed by atoms with Crippen molar-refractivity contribution in [3.63, 3.8) is 0 Å². The third-order valence-corrected chi connectivity index (χ3v) is 4.27. The van der Waals surface area contributed by atoms with Gasteiger partial charge in [0.1, 0.15) is 23.1 Å². The van der Waals surface area contributed by atoms with Crippen LogP contribution in [0.15, 0.2) is 22.7 Å². The van der Waals surface area contributed by atoms with E-state index in [1.807, 2.05) is 6.07 Å². The Morgan fingerprint density at radius 3 is 2.70 bits per heavy atom. The van der Waals surface area contributed by atoms with Crippen LogP contribution in [0.5, 0.6) is 0 Å². The molecule has 0 amide bonds. The minimum absolute atomic E-state index is 0.0296. The van der Waals surface area contributed by atoms with E-state index in [-0.39, 0.29) is 34.5 Å². The molecule has 0 aliphatic carbocycles. The molecule has 1 aliphatic rings. The normalized spacial score (nSPS) is 16.6. The lowest BCUT2D eigenvalue weighted by atomic mass is 10.1. The first-order valence-corrected chi connectivity index (χ1v) is 7.49. The van der Waals surface area contributed by atoms with Gasteiger partial charge in [-0.3, -0.25) is 5.01 Å². The SMILES string of the molecule is N#Cc1c(-c2ccc(Br)c(F)c2)nn(N2CCC(F)(F)C2)c1N. The Morgan fingerprint density at radius 1 is 1.39 bits per heavy atom. The number of nitrogens with zero attached hydrogens (tertiary/aromatic N) is 4. The molecule has 1 aliphatic heterocycles. The Kier molecular flexibility index (Phi) is 3.72. The van der Waals surface area contributed by atoms with Crippen LogP contribution in [0.1, 0.15) is 12.0 Å². The fourth-order valence-corrected chi connectivity index (χ4v) is 2.72. The zero-order valence-corrected chi connectivity index (χ0v) is 13.3. The van der Waals surface area contributed by atoms with Crippen molar-refractivity contribution < 1.29 is 13.2 Å². The van der Waals surface area contributed by atoms with E-state index in [9.17, 15) is 18.4 Å². The number of hydrogen-bond donors (Lipinski definition) is 1. The molecule has 120 valence electrons. The topological polar surface area (TPSA) is 70.9 Å². The number of anilines is 1. The molecular formula is C14H11BrF3N5. The van der Waals surface area contributed by atoms with Crippen molar-refractivity contribution in [1.82, 2.24) is 9.89 Å². The Bertz CT molecular complexity index is 811. The summed E-state index contributed by atoms with van der Waals surface area (Å²) < 4.78 is 40.7. The molecule has 0 radical (unpaired) electrons. The Balaban J connectivity index is 2.07. The number of aromatic nitrogens is 2. The van der Waals surface area contributed by atoms with Crippen LogP contribution < -0.4 is 10.7 Å². The minimum atomic E-state index is -2.82. The highest BCUT2D eigenvalue weighted by Crippen LogP contribution is 2.32. The summed E-state index contributed by atoms with van der Waals surface area (Å²) in [6.45, 7) is -0.463. The van der Waals surface area contributed by atoms with Gasteiger partial charge < -0.3 is 5.73 Å². The van der Waals surface area contributed by atoms with Gasteiger partial charge >= 0.3 is 0 Å². The number of halogens is 4. The average molecular weight is 386 g/mol. The van der Waals surface area contributed by atoms with E-state index in [0.717, 1.165) is 4.79 Å². The van der Waals surface area contributed by atoms with Crippen LogP contribution in [-0.2, 0) is 0 Å². The van der Waals surface area contributed by atoms with Gasteiger partial charge in [-0.05, 0) is 28.1 Å². The van der Waals surface area contributed by atoms with Crippen molar-refractivity contribution >= 4 is 21.7 Å². The van der Waals surface area contributed by atoms with Crippen molar-refractivity contribution in [2.75, 3.05) is 23.8 Å². The first-order valence-electron chi connectivity index (χ1n) is 6.69. The van der Waals surface area contributed by atoms with Crippen molar-refractivity contribution in [2.24, 2.45) is 0 Å². The van der Waals surface area contributed by atoms with Crippen LogP contribution in [0.2, 0.25) is 0 Å². The lowest BCUT2D eigenvalue weighted by molar-refractivity contribution is 0.0241. The smallest absolute Gasteiger partial charge is 0.268 e. The summed E-state index contributed by atoms with van der Waals surface area (Å²) in [4.78, 5) is 1.11. The van der Waals surface area contributed by atoms with E-state index in [1.54, 1.807) is 6.07 Å². The second-order valence-electron chi connectivity index (χ2n) is 5.23. The van der Waals surface area contributed by atoms with Crippen LogP contribution in [-0.4, -0.2) is 28.9 Å². The van der Waals surface area contributed by atoms with Crippen molar-refractivity contribution in [2.45, 2.75) is 12.3 Å². The molecule has 0 unspecified atom stereocenters. The van der Waals surface area contributed by atoms with Crippen LogP contribution in [0.3, 0.4) is 0 Å². The summed E-state index contributed by atoms with van der Waals surface area (Å²) in [6.07, 6.45) is -0.309. The molecule has 0 saturated carbocycles. The fraction of sp³-hybridized carbons (Fsp3) is 0.286. The number of nitrogen functional groups attached to an aromatic ring is 1. The van der Waals surface area contributed by atoms with Gasteiger partial charge in [0, 0.05) is 18.5 Å².